The number of aliphatic carboxylic acids is 1. The molecule has 2 aromatic carbocycles. The molecule has 4 fully saturated rings. The zero-order valence-electron chi connectivity index (χ0n) is 20.6. The summed E-state index contributed by atoms with van der Waals surface area (Å²) in [5.41, 5.74) is 0.0638. The standard InChI is InChI=1S/C29H35NO5/c1-28(26(31)32,15-20-8-10-25(11-9-20)34-19-21-6-4-3-5-7-21)30(2)27(33)35-29-16-22-12-23(17-29)14-24(13-22)18-29/h3-11,22-24H,12-19H2,1-2H3,(H,31,32). The number of carboxylic acids is 1. The van der Waals surface area contributed by atoms with Gasteiger partial charge in [0.15, 0.2) is 0 Å². The number of amides is 1. The summed E-state index contributed by atoms with van der Waals surface area (Å²) in [4.78, 5) is 26.9. The van der Waals surface area contributed by atoms with Gasteiger partial charge in [-0.15, -0.1) is 0 Å². The average molecular weight is 478 g/mol. The molecule has 4 bridgehead atoms. The minimum Gasteiger partial charge on any atom is -0.489 e. The van der Waals surface area contributed by atoms with Gasteiger partial charge in [0.1, 0.15) is 23.5 Å². The first-order valence-corrected chi connectivity index (χ1v) is 12.7. The molecule has 1 unspecified atom stereocenters. The Morgan fingerprint density at radius 1 is 0.943 bits per heavy atom. The van der Waals surface area contributed by atoms with Crippen LogP contribution >= 0.6 is 0 Å². The van der Waals surface area contributed by atoms with Crippen LogP contribution in [0, 0.1) is 17.8 Å². The number of carbonyl (C=O) groups is 2. The molecule has 35 heavy (non-hydrogen) atoms. The summed E-state index contributed by atoms with van der Waals surface area (Å²) >= 11 is 0. The fourth-order valence-electron chi connectivity index (χ4n) is 6.79. The molecule has 0 heterocycles. The smallest absolute Gasteiger partial charge is 0.411 e. The normalized spacial score (nSPS) is 28.2. The Morgan fingerprint density at radius 3 is 2.06 bits per heavy atom. The van der Waals surface area contributed by atoms with Gasteiger partial charge in [-0.05, 0) is 86.5 Å². The molecule has 6 nitrogen and oxygen atoms in total. The van der Waals surface area contributed by atoms with Crippen molar-refractivity contribution in [2.75, 3.05) is 7.05 Å². The lowest BCUT2D eigenvalue weighted by atomic mass is 9.54. The number of ether oxygens (including phenoxy) is 2. The van der Waals surface area contributed by atoms with Crippen LogP contribution in [0.5, 0.6) is 5.75 Å². The van der Waals surface area contributed by atoms with E-state index in [9.17, 15) is 14.7 Å². The highest BCUT2D eigenvalue weighted by atomic mass is 16.6. The molecule has 0 radical (unpaired) electrons. The maximum absolute atomic E-state index is 13.3. The fraction of sp³-hybridized carbons (Fsp3) is 0.517. The molecule has 6 rings (SSSR count). The van der Waals surface area contributed by atoms with Crippen LogP contribution in [0.25, 0.3) is 0 Å². The Balaban J connectivity index is 1.24. The molecule has 0 aromatic heterocycles. The van der Waals surface area contributed by atoms with Crippen LogP contribution in [0.2, 0.25) is 0 Å². The highest BCUT2D eigenvalue weighted by Gasteiger charge is 2.54. The molecule has 4 saturated carbocycles. The minimum absolute atomic E-state index is 0.174. The summed E-state index contributed by atoms with van der Waals surface area (Å²) in [6, 6.07) is 17.3. The summed E-state index contributed by atoms with van der Waals surface area (Å²) in [6.07, 6.45) is 6.18. The lowest BCUT2D eigenvalue weighted by Crippen LogP contribution is -2.58. The summed E-state index contributed by atoms with van der Waals surface area (Å²) in [5, 5.41) is 10.1. The van der Waals surface area contributed by atoms with Crippen molar-refractivity contribution in [3.63, 3.8) is 0 Å². The van der Waals surface area contributed by atoms with Crippen LogP contribution in [0.4, 0.5) is 4.79 Å². The number of hydrogen-bond donors (Lipinski definition) is 1. The first-order valence-electron chi connectivity index (χ1n) is 12.7. The van der Waals surface area contributed by atoms with E-state index in [0.717, 1.165) is 30.4 Å². The van der Waals surface area contributed by atoms with Crippen molar-refractivity contribution < 1.29 is 24.2 Å². The third kappa shape index (κ3) is 4.89. The number of carboxylic acid groups (broad SMARTS) is 1. The Labute approximate surface area is 207 Å². The van der Waals surface area contributed by atoms with Crippen molar-refractivity contribution in [2.24, 2.45) is 17.8 Å². The van der Waals surface area contributed by atoms with E-state index in [2.05, 4.69) is 0 Å². The van der Waals surface area contributed by atoms with E-state index in [4.69, 9.17) is 9.47 Å². The number of likely N-dealkylation sites (N-methyl/N-ethyl adjacent to an activating group) is 1. The Kier molecular flexibility index (Phi) is 6.24. The molecule has 1 amide bonds. The molecule has 2 aromatic rings. The van der Waals surface area contributed by atoms with Gasteiger partial charge in [-0.1, -0.05) is 42.5 Å². The first kappa shape index (κ1) is 23.7. The fourth-order valence-corrected chi connectivity index (χ4v) is 6.79. The van der Waals surface area contributed by atoms with Crippen molar-refractivity contribution in [3.05, 3.63) is 65.7 Å². The van der Waals surface area contributed by atoms with E-state index in [1.807, 2.05) is 54.6 Å². The van der Waals surface area contributed by atoms with E-state index in [0.29, 0.717) is 30.1 Å². The molecule has 0 saturated heterocycles. The van der Waals surface area contributed by atoms with E-state index in [1.54, 1.807) is 14.0 Å². The summed E-state index contributed by atoms with van der Waals surface area (Å²) in [7, 11) is 1.55. The predicted molar refractivity (Wildman–Crippen MR) is 132 cm³/mol. The van der Waals surface area contributed by atoms with Crippen LogP contribution in [-0.2, 0) is 22.6 Å². The summed E-state index contributed by atoms with van der Waals surface area (Å²) in [6.45, 7) is 2.06. The van der Waals surface area contributed by atoms with E-state index < -0.39 is 23.2 Å². The molecular weight excluding hydrogens is 442 g/mol. The molecular formula is C29H35NO5. The first-order chi connectivity index (χ1) is 16.7. The molecule has 4 aliphatic rings. The van der Waals surface area contributed by atoms with Gasteiger partial charge < -0.3 is 14.6 Å². The largest absolute Gasteiger partial charge is 0.489 e. The van der Waals surface area contributed by atoms with Crippen molar-refractivity contribution in [1.29, 1.82) is 0 Å². The Bertz CT molecular complexity index is 1030. The van der Waals surface area contributed by atoms with Crippen molar-refractivity contribution in [3.8, 4) is 5.75 Å². The van der Waals surface area contributed by atoms with Crippen molar-refractivity contribution >= 4 is 12.1 Å². The van der Waals surface area contributed by atoms with Crippen LogP contribution < -0.4 is 4.74 Å². The molecule has 1 N–H and O–H groups in total. The molecule has 6 heteroatoms. The number of hydrogen-bond acceptors (Lipinski definition) is 4. The maximum Gasteiger partial charge on any atom is 0.411 e. The van der Waals surface area contributed by atoms with Crippen molar-refractivity contribution in [1.82, 2.24) is 4.90 Å². The second-order valence-corrected chi connectivity index (χ2v) is 11.2. The Morgan fingerprint density at radius 2 is 1.51 bits per heavy atom. The number of rotatable bonds is 8. The zero-order valence-corrected chi connectivity index (χ0v) is 20.6. The van der Waals surface area contributed by atoms with Gasteiger partial charge in [-0.25, -0.2) is 9.59 Å². The maximum atomic E-state index is 13.3. The number of benzene rings is 2. The minimum atomic E-state index is -1.42. The number of nitrogens with zero attached hydrogens (tertiary/aromatic N) is 1. The zero-order chi connectivity index (χ0) is 24.6. The van der Waals surface area contributed by atoms with E-state index >= 15 is 0 Å². The van der Waals surface area contributed by atoms with E-state index in [-0.39, 0.29) is 6.42 Å². The summed E-state index contributed by atoms with van der Waals surface area (Å²) < 4.78 is 12.0. The number of carbonyl (C=O) groups excluding carboxylic acids is 1. The lowest BCUT2D eigenvalue weighted by Gasteiger charge is -2.56. The Hall–Kier alpha value is -3.02. The second kappa shape index (κ2) is 9.21. The van der Waals surface area contributed by atoms with Crippen molar-refractivity contribution in [2.45, 2.75) is 69.6 Å². The van der Waals surface area contributed by atoms with Crippen LogP contribution in [0.1, 0.15) is 56.6 Å². The molecule has 0 spiro atoms. The second-order valence-electron chi connectivity index (χ2n) is 11.2. The van der Waals surface area contributed by atoms with Gasteiger partial charge >= 0.3 is 12.1 Å². The van der Waals surface area contributed by atoms with Crippen LogP contribution in [0.3, 0.4) is 0 Å². The van der Waals surface area contributed by atoms with Gasteiger partial charge in [0, 0.05) is 13.5 Å². The lowest BCUT2D eigenvalue weighted by molar-refractivity contribution is -0.155. The highest BCUT2D eigenvalue weighted by Crippen LogP contribution is 2.57. The third-order valence-corrected chi connectivity index (χ3v) is 8.48. The van der Waals surface area contributed by atoms with Gasteiger partial charge in [-0.2, -0.15) is 0 Å². The molecule has 1 atom stereocenters. The van der Waals surface area contributed by atoms with E-state index in [1.165, 1.54) is 24.2 Å². The third-order valence-electron chi connectivity index (χ3n) is 8.48. The monoisotopic (exact) mass is 477 g/mol. The molecule has 4 aliphatic carbocycles. The quantitative estimate of drug-likeness (QED) is 0.529. The van der Waals surface area contributed by atoms with Gasteiger partial charge in [-0.3, -0.25) is 4.90 Å². The topological polar surface area (TPSA) is 76.1 Å². The van der Waals surface area contributed by atoms with Gasteiger partial charge in [0.2, 0.25) is 0 Å². The van der Waals surface area contributed by atoms with Crippen LogP contribution in [-0.4, -0.2) is 40.3 Å². The average Bonchev–Trinajstić information content (AvgIpc) is 2.82. The SMILES string of the molecule is CN(C(=O)OC12CC3CC(CC(C3)C1)C2)C(C)(Cc1ccc(OCc2ccccc2)cc1)C(=O)O. The molecule has 0 aliphatic heterocycles. The van der Waals surface area contributed by atoms with Gasteiger partial charge in [0.05, 0.1) is 0 Å². The van der Waals surface area contributed by atoms with Crippen LogP contribution in [0.15, 0.2) is 54.6 Å². The molecule has 186 valence electrons. The summed E-state index contributed by atoms with van der Waals surface area (Å²) in [5.74, 6) is 1.60. The highest BCUT2D eigenvalue weighted by molar-refractivity contribution is 5.84. The van der Waals surface area contributed by atoms with Gasteiger partial charge in [0.25, 0.3) is 0 Å². The predicted octanol–water partition coefficient (Wildman–Crippen LogP) is 5.69.